The van der Waals surface area contributed by atoms with Crippen LogP contribution in [0, 0.1) is 13.8 Å². The first-order valence-electron chi connectivity index (χ1n) is 7.63. The van der Waals surface area contributed by atoms with Crippen LogP contribution in [0.5, 0.6) is 5.75 Å². The van der Waals surface area contributed by atoms with E-state index in [1.165, 1.54) is 12.0 Å². The molecule has 1 aromatic carbocycles. The number of carbonyl (C=O) groups excluding carboxylic acids is 2. The van der Waals surface area contributed by atoms with Crippen LogP contribution in [0.3, 0.4) is 0 Å². The van der Waals surface area contributed by atoms with Gasteiger partial charge in [0.05, 0.1) is 13.5 Å². The largest absolute Gasteiger partial charge is 0.483 e. The maximum atomic E-state index is 12.3. The molecule has 6 heteroatoms. The predicted molar refractivity (Wildman–Crippen MR) is 86.3 cm³/mol. The third-order valence-electron chi connectivity index (χ3n) is 3.45. The van der Waals surface area contributed by atoms with Crippen molar-refractivity contribution < 1.29 is 24.2 Å². The molecule has 0 saturated heterocycles. The van der Waals surface area contributed by atoms with Crippen LogP contribution in [-0.4, -0.2) is 55.3 Å². The van der Waals surface area contributed by atoms with Gasteiger partial charge in [-0.25, -0.2) is 0 Å². The van der Waals surface area contributed by atoms with E-state index >= 15 is 0 Å². The van der Waals surface area contributed by atoms with Crippen molar-refractivity contribution in [1.82, 2.24) is 4.90 Å². The maximum Gasteiger partial charge on any atom is 0.307 e. The van der Waals surface area contributed by atoms with Crippen molar-refractivity contribution in [3.63, 3.8) is 0 Å². The Hall–Kier alpha value is -2.08. The highest BCUT2D eigenvalue weighted by atomic mass is 16.5. The Morgan fingerprint density at radius 2 is 1.96 bits per heavy atom. The van der Waals surface area contributed by atoms with Crippen molar-refractivity contribution in [3.8, 4) is 5.75 Å². The van der Waals surface area contributed by atoms with E-state index in [0.29, 0.717) is 18.7 Å². The Kier molecular flexibility index (Phi) is 8.11. The molecule has 0 saturated carbocycles. The Bertz CT molecular complexity index is 530. The number of hydrogen-bond acceptors (Lipinski definition) is 5. The Morgan fingerprint density at radius 3 is 2.61 bits per heavy atom. The van der Waals surface area contributed by atoms with Crippen LogP contribution in [0.25, 0.3) is 0 Å². The smallest absolute Gasteiger partial charge is 0.307 e. The van der Waals surface area contributed by atoms with E-state index in [4.69, 9.17) is 9.84 Å². The van der Waals surface area contributed by atoms with Crippen LogP contribution in [0.2, 0.25) is 0 Å². The molecular weight excluding hydrogens is 298 g/mol. The molecule has 6 nitrogen and oxygen atoms in total. The summed E-state index contributed by atoms with van der Waals surface area (Å²) in [4.78, 5) is 25.0. The molecule has 0 unspecified atom stereocenters. The molecule has 0 atom stereocenters. The number of ether oxygens (including phenoxy) is 2. The van der Waals surface area contributed by atoms with E-state index in [0.717, 1.165) is 11.1 Å². The summed E-state index contributed by atoms with van der Waals surface area (Å²) >= 11 is 0. The molecule has 0 aliphatic rings. The van der Waals surface area contributed by atoms with Crippen molar-refractivity contribution in [2.24, 2.45) is 0 Å². The van der Waals surface area contributed by atoms with E-state index in [1.54, 1.807) is 0 Å². The van der Waals surface area contributed by atoms with Gasteiger partial charge in [0.1, 0.15) is 5.75 Å². The minimum Gasteiger partial charge on any atom is -0.483 e. The lowest BCUT2D eigenvalue weighted by molar-refractivity contribution is -0.142. The molecule has 0 radical (unpaired) electrons. The predicted octanol–water partition coefficient (Wildman–Crippen LogP) is 1.46. The van der Waals surface area contributed by atoms with E-state index < -0.39 is 0 Å². The minimum absolute atomic E-state index is 0.0140. The van der Waals surface area contributed by atoms with Gasteiger partial charge < -0.3 is 19.5 Å². The Labute approximate surface area is 137 Å². The molecule has 1 aromatic rings. The first kappa shape index (κ1) is 19.0. The lowest BCUT2D eigenvalue weighted by atomic mass is 10.1. The molecule has 1 rings (SSSR count). The summed E-state index contributed by atoms with van der Waals surface area (Å²) < 4.78 is 10.2. The Morgan fingerprint density at radius 1 is 1.22 bits per heavy atom. The van der Waals surface area contributed by atoms with Crippen LogP contribution in [-0.2, 0) is 14.3 Å². The molecule has 1 N–H and O–H groups in total. The van der Waals surface area contributed by atoms with Gasteiger partial charge in [-0.05, 0) is 37.5 Å². The molecule has 23 heavy (non-hydrogen) atoms. The average Bonchev–Trinajstić information content (AvgIpc) is 2.55. The average molecular weight is 323 g/mol. The van der Waals surface area contributed by atoms with Crippen molar-refractivity contribution in [3.05, 3.63) is 29.3 Å². The van der Waals surface area contributed by atoms with E-state index in [9.17, 15) is 9.59 Å². The highest BCUT2D eigenvalue weighted by Gasteiger charge is 2.16. The fraction of sp³-hybridized carbons (Fsp3) is 0.529. The van der Waals surface area contributed by atoms with E-state index in [-0.39, 0.29) is 38.1 Å². The van der Waals surface area contributed by atoms with Crippen LogP contribution in [0.1, 0.15) is 24.0 Å². The number of aliphatic hydroxyl groups is 1. The molecular formula is C17H25NO5. The molecule has 0 spiro atoms. The number of carbonyl (C=O) groups is 2. The summed E-state index contributed by atoms with van der Waals surface area (Å²) in [5, 5.41) is 8.93. The van der Waals surface area contributed by atoms with Gasteiger partial charge in [0.2, 0.25) is 0 Å². The number of amides is 1. The lowest BCUT2D eigenvalue weighted by Crippen LogP contribution is -2.37. The van der Waals surface area contributed by atoms with Gasteiger partial charge in [-0.15, -0.1) is 0 Å². The van der Waals surface area contributed by atoms with Crippen molar-refractivity contribution in [2.45, 2.75) is 26.7 Å². The number of aliphatic hydroxyl groups excluding tert-OH is 1. The number of esters is 1. The summed E-state index contributed by atoms with van der Waals surface area (Å²) in [7, 11) is 1.31. The van der Waals surface area contributed by atoms with Gasteiger partial charge in [0.15, 0.2) is 6.61 Å². The van der Waals surface area contributed by atoms with Crippen molar-refractivity contribution in [1.29, 1.82) is 0 Å². The zero-order chi connectivity index (χ0) is 17.2. The van der Waals surface area contributed by atoms with Crippen molar-refractivity contribution in [2.75, 3.05) is 33.4 Å². The summed E-state index contributed by atoms with van der Waals surface area (Å²) in [6, 6.07) is 5.80. The number of methoxy groups -OCH3 is 1. The normalized spacial score (nSPS) is 10.3. The molecule has 1 amide bonds. The monoisotopic (exact) mass is 323 g/mol. The van der Waals surface area contributed by atoms with Gasteiger partial charge in [-0.2, -0.15) is 0 Å². The Balaban J connectivity index is 2.61. The highest BCUT2D eigenvalue weighted by Crippen LogP contribution is 2.19. The third-order valence-corrected chi connectivity index (χ3v) is 3.45. The quantitative estimate of drug-likeness (QED) is 0.696. The van der Waals surface area contributed by atoms with Gasteiger partial charge >= 0.3 is 5.97 Å². The molecule has 0 fully saturated rings. The summed E-state index contributed by atoms with van der Waals surface area (Å²) in [6.07, 6.45) is 0.577. The number of benzene rings is 1. The molecule has 0 aliphatic carbocycles. The van der Waals surface area contributed by atoms with Gasteiger partial charge in [-0.1, -0.05) is 12.1 Å². The SMILES string of the molecule is COC(=O)CCN(CCCO)C(=O)COc1cc(C)ccc1C. The molecule has 0 aromatic heterocycles. The fourth-order valence-electron chi connectivity index (χ4n) is 2.04. The van der Waals surface area contributed by atoms with Crippen LogP contribution in [0.4, 0.5) is 0 Å². The maximum absolute atomic E-state index is 12.3. The standard InChI is InChI=1S/C17H25NO5/c1-13-5-6-14(2)15(11-13)23-12-16(20)18(8-4-10-19)9-7-17(21)22-3/h5-6,11,19H,4,7-10,12H2,1-3H3. The van der Waals surface area contributed by atoms with Crippen molar-refractivity contribution >= 4 is 11.9 Å². The molecule has 128 valence electrons. The fourth-order valence-corrected chi connectivity index (χ4v) is 2.04. The second-order valence-corrected chi connectivity index (χ2v) is 5.34. The number of hydrogen-bond donors (Lipinski definition) is 1. The van der Waals surface area contributed by atoms with Crippen LogP contribution < -0.4 is 4.74 Å². The van der Waals surface area contributed by atoms with Gasteiger partial charge in [0, 0.05) is 19.7 Å². The number of rotatable bonds is 9. The molecule has 0 bridgehead atoms. The van der Waals surface area contributed by atoms with Gasteiger partial charge in [-0.3, -0.25) is 9.59 Å². The van der Waals surface area contributed by atoms with E-state index in [2.05, 4.69) is 4.74 Å². The van der Waals surface area contributed by atoms with Gasteiger partial charge in [0.25, 0.3) is 5.91 Å². The second kappa shape index (κ2) is 9.84. The number of aryl methyl sites for hydroxylation is 2. The molecule has 0 heterocycles. The van der Waals surface area contributed by atoms with Crippen LogP contribution >= 0.6 is 0 Å². The summed E-state index contributed by atoms with van der Waals surface area (Å²) in [5.74, 6) is 0.0823. The highest BCUT2D eigenvalue weighted by molar-refractivity contribution is 5.78. The summed E-state index contributed by atoms with van der Waals surface area (Å²) in [5.41, 5.74) is 2.01. The first-order valence-corrected chi connectivity index (χ1v) is 7.63. The summed E-state index contributed by atoms with van der Waals surface area (Å²) in [6.45, 7) is 4.39. The topological polar surface area (TPSA) is 76.1 Å². The molecule has 0 aliphatic heterocycles. The minimum atomic E-state index is -0.373. The number of nitrogens with zero attached hydrogens (tertiary/aromatic N) is 1. The third kappa shape index (κ3) is 6.69. The second-order valence-electron chi connectivity index (χ2n) is 5.34. The van der Waals surface area contributed by atoms with Crippen LogP contribution in [0.15, 0.2) is 18.2 Å². The zero-order valence-corrected chi connectivity index (χ0v) is 14.0. The lowest BCUT2D eigenvalue weighted by Gasteiger charge is -2.22. The zero-order valence-electron chi connectivity index (χ0n) is 14.0. The van der Waals surface area contributed by atoms with E-state index in [1.807, 2.05) is 32.0 Å². The first-order chi connectivity index (χ1) is 11.0.